The van der Waals surface area contributed by atoms with Crippen LogP contribution in [0, 0.1) is 0 Å². The molecule has 206 valence electrons. The Morgan fingerprint density at radius 1 is 0.738 bits per heavy atom. The maximum absolute atomic E-state index is 14.1. The van der Waals surface area contributed by atoms with Crippen LogP contribution in [0.1, 0.15) is 27.2 Å². The van der Waals surface area contributed by atoms with E-state index in [1.807, 2.05) is 103 Å². The SMILES string of the molecule is CC(=O)c1nn(-c2ccccc2)/c(=N/NC(=O)c2c(-c3ccc(Cl)cc3)c(-c3ccccc3)nn2-c2ccccc2)s1. The first-order valence-electron chi connectivity index (χ1n) is 13.0. The van der Waals surface area contributed by atoms with E-state index in [2.05, 4.69) is 15.6 Å². The molecule has 0 saturated carbocycles. The Labute approximate surface area is 250 Å². The van der Waals surface area contributed by atoms with E-state index in [0.29, 0.717) is 32.5 Å². The van der Waals surface area contributed by atoms with Gasteiger partial charge in [-0.2, -0.15) is 10.2 Å². The number of ketones is 1. The number of benzene rings is 4. The molecule has 6 rings (SSSR count). The van der Waals surface area contributed by atoms with Crippen LogP contribution in [0.4, 0.5) is 0 Å². The second-order valence-electron chi connectivity index (χ2n) is 9.24. The third-order valence-corrected chi connectivity index (χ3v) is 7.66. The molecule has 0 aliphatic rings. The Bertz CT molecular complexity index is 1950. The van der Waals surface area contributed by atoms with Crippen molar-refractivity contribution in [3.8, 4) is 33.8 Å². The predicted octanol–water partition coefficient (Wildman–Crippen LogP) is 6.56. The van der Waals surface area contributed by atoms with Gasteiger partial charge in [-0.05, 0) is 42.0 Å². The van der Waals surface area contributed by atoms with E-state index in [1.54, 1.807) is 16.8 Å². The standard InChI is InChI=1S/C32H23ClN6O2S/c1-21(40)31-37-39(26-15-9-4-10-16-26)32(42-31)35-34-30(41)29-27(22-17-19-24(33)20-18-22)28(23-11-5-2-6-12-23)36-38(29)25-13-7-3-8-14-25/h2-20H,1H3,(H,34,41)/b35-32-. The molecule has 0 radical (unpaired) electrons. The summed E-state index contributed by atoms with van der Waals surface area (Å²) in [5.74, 6) is -0.687. The third kappa shape index (κ3) is 5.43. The van der Waals surface area contributed by atoms with Crippen molar-refractivity contribution < 1.29 is 9.59 Å². The van der Waals surface area contributed by atoms with Crippen LogP contribution in [0.25, 0.3) is 33.8 Å². The smallest absolute Gasteiger partial charge is 0.290 e. The topological polar surface area (TPSA) is 94.2 Å². The number of para-hydroxylation sites is 2. The number of nitrogens with zero attached hydrogens (tertiary/aromatic N) is 5. The minimum absolute atomic E-state index is 0.197. The number of halogens is 1. The van der Waals surface area contributed by atoms with E-state index in [1.165, 1.54) is 11.6 Å². The average molecular weight is 591 g/mol. The molecule has 0 aliphatic carbocycles. The van der Waals surface area contributed by atoms with E-state index in [-0.39, 0.29) is 16.5 Å². The first kappa shape index (κ1) is 27.1. The maximum Gasteiger partial charge on any atom is 0.290 e. The van der Waals surface area contributed by atoms with Gasteiger partial charge in [0.25, 0.3) is 5.91 Å². The Morgan fingerprint density at radius 3 is 1.90 bits per heavy atom. The number of rotatable bonds is 7. The van der Waals surface area contributed by atoms with Gasteiger partial charge in [0.2, 0.25) is 4.80 Å². The zero-order valence-electron chi connectivity index (χ0n) is 22.3. The highest BCUT2D eigenvalue weighted by Gasteiger charge is 2.27. The number of Topliss-reactive ketones (excluding diaryl/α,β-unsaturated/α-hetero) is 1. The fraction of sp³-hybridized carbons (Fsp3) is 0.0312. The summed E-state index contributed by atoms with van der Waals surface area (Å²) in [6.45, 7) is 1.44. The minimum atomic E-state index is -0.490. The highest BCUT2D eigenvalue weighted by molar-refractivity contribution is 7.11. The molecular weight excluding hydrogens is 568 g/mol. The van der Waals surface area contributed by atoms with E-state index >= 15 is 0 Å². The van der Waals surface area contributed by atoms with Gasteiger partial charge in [-0.3, -0.25) is 9.59 Å². The molecule has 4 aromatic carbocycles. The van der Waals surface area contributed by atoms with Crippen molar-refractivity contribution in [3.63, 3.8) is 0 Å². The van der Waals surface area contributed by atoms with Crippen molar-refractivity contribution >= 4 is 34.6 Å². The number of nitrogens with one attached hydrogen (secondary N) is 1. The first-order valence-corrected chi connectivity index (χ1v) is 14.2. The molecule has 2 aromatic heterocycles. The van der Waals surface area contributed by atoms with Crippen LogP contribution in [0.2, 0.25) is 5.02 Å². The molecule has 42 heavy (non-hydrogen) atoms. The first-order chi connectivity index (χ1) is 20.5. The predicted molar refractivity (Wildman–Crippen MR) is 164 cm³/mol. The van der Waals surface area contributed by atoms with Crippen molar-refractivity contribution in [2.75, 3.05) is 0 Å². The molecule has 0 aliphatic heterocycles. The molecule has 10 heteroatoms. The number of amides is 1. The average Bonchev–Trinajstić information content (AvgIpc) is 3.65. The molecule has 8 nitrogen and oxygen atoms in total. The van der Waals surface area contributed by atoms with Crippen LogP contribution in [-0.4, -0.2) is 31.3 Å². The van der Waals surface area contributed by atoms with Crippen LogP contribution in [0.15, 0.2) is 120 Å². The highest BCUT2D eigenvalue weighted by Crippen LogP contribution is 2.36. The molecule has 1 N–H and O–H groups in total. The van der Waals surface area contributed by atoms with Gasteiger partial charge in [0.05, 0.1) is 11.4 Å². The largest absolute Gasteiger partial charge is 0.292 e. The molecule has 0 fully saturated rings. The van der Waals surface area contributed by atoms with E-state index in [0.717, 1.165) is 22.5 Å². The molecule has 0 spiro atoms. The monoisotopic (exact) mass is 590 g/mol. The lowest BCUT2D eigenvalue weighted by Crippen LogP contribution is -2.26. The van der Waals surface area contributed by atoms with Gasteiger partial charge in [-0.1, -0.05) is 102 Å². The summed E-state index contributed by atoms with van der Waals surface area (Å²) in [6.07, 6.45) is 0. The Kier molecular flexibility index (Phi) is 7.59. The Morgan fingerprint density at radius 2 is 1.31 bits per heavy atom. The van der Waals surface area contributed by atoms with E-state index in [9.17, 15) is 9.59 Å². The van der Waals surface area contributed by atoms with Crippen LogP contribution >= 0.6 is 22.9 Å². The highest BCUT2D eigenvalue weighted by atomic mass is 35.5. The molecule has 0 bridgehead atoms. The molecule has 2 heterocycles. The Balaban J connectivity index is 1.54. The zero-order chi connectivity index (χ0) is 29.1. The third-order valence-electron chi connectivity index (χ3n) is 6.40. The lowest BCUT2D eigenvalue weighted by Gasteiger charge is -2.09. The second kappa shape index (κ2) is 11.8. The van der Waals surface area contributed by atoms with Crippen LogP contribution in [-0.2, 0) is 0 Å². The second-order valence-corrected chi connectivity index (χ2v) is 10.6. The molecular formula is C32H23ClN6O2S. The van der Waals surface area contributed by atoms with Gasteiger partial charge >= 0.3 is 0 Å². The summed E-state index contributed by atoms with van der Waals surface area (Å²) in [5, 5.41) is 14.6. The van der Waals surface area contributed by atoms with Crippen molar-refractivity contribution in [2.45, 2.75) is 6.92 Å². The van der Waals surface area contributed by atoms with E-state index < -0.39 is 5.91 Å². The fourth-order valence-electron chi connectivity index (χ4n) is 4.46. The summed E-state index contributed by atoms with van der Waals surface area (Å²) < 4.78 is 3.15. The van der Waals surface area contributed by atoms with E-state index in [4.69, 9.17) is 16.7 Å². The van der Waals surface area contributed by atoms with Crippen LogP contribution in [0.5, 0.6) is 0 Å². The van der Waals surface area contributed by atoms with Crippen LogP contribution in [0.3, 0.4) is 0 Å². The van der Waals surface area contributed by atoms with Crippen molar-refractivity contribution in [2.24, 2.45) is 5.10 Å². The lowest BCUT2D eigenvalue weighted by atomic mass is 9.98. The molecule has 1 amide bonds. The number of hydrogen-bond donors (Lipinski definition) is 1. The van der Waals surface area contributed by atoms with Gasteiger partial charge in [-0.25, -0.2) is 14.8 Å². The van der Waals surface area contributed by atoms with Crippen molar-refractivity contribution in [1.82, 2.24) is 25.0 Å². The van der Waals surface area contributed by atoms with Crippen molar-refractivity contribution in [3.05, 3.63) is 136 Å². The maximum atomic E-state index is 14.1. The molecule has 0 unspecified atom stereocenters. The normalized spacial score (nSPS) is 11.4. The molecule has 0 saturated heterocycles. The van der Waals surface area contributed by atoms with Gasteiger partial charge < -0.3 is 0 Å². The lowest BCUT2D eigenvalue weighted by molar-refractivity contribution is 0.0944. The summed E-state index contributed by atoms with van der Waals surface area (Å²) in [4.78, 5) is 26.6. The minimum Gasteiger partial charge on any atom is -0.292 e. The van der Waals surface area contributed by atoms with Crippen LogP contribution < -0.4 is 10.2 Å². The summed E-state index contributed by atoms with van der Waals surface area (Å²) in [7, 11) is 0. The summed E-state index contributed by atoms with van der Waals surface area (Å²) >= 11 is 7.31. The molecule has 6 aromatic rings. The van der Waals surface area contributed by atoms with Gasteiger partial charge in [0.15, 0.2) is 10.8 Å². The number of hydrogen-bond acceptors (Lipinski definition) is 6. The summed E-state index contributed by atoms with van der Waals surface area (Å²) in [5.41, 5.74) is 7.27. The van der Waals surface area contributed by atoms with Gasteiger partial charge in [-0.15, -0.1) is 5.10 Å². The quantitative estimate of drug-likeness (QED) is 0.168. The summed E-state index contributed by atoms with van der Waals surface area (Å²) in [6, 6.07) is 35.7. The molecule has 0 atom stereocenters. The number of aromatic nitrogens is 4. The zero-order valence-corrected chi connectivity index (χ0v) is 23.9. The number of carbonyl (C=O) groups excluding carboxylic acids is 2. The number of carbonyl (C=O) groups is 2. The van der Waals surface area contributed by atoms with Gasteiger partial charge in [0.1, 0.15) is 11.4 Å². The fourth-order valence-corrected chi connectivity index (χ4v) is 5.35. The van der Waals surface area contributed by atoms with Crippen molar-refractivity contribution in [1.29, 1.82) is 0 Å². The van der Waals surface area contributed by atoms with Gasteiger partial charge in [0, 0.05) is 23.1 Å². The Hall–Kier alpha value is -5.12.